The van der Waals surface area contributed by atoms with E-state index in [0.717, 1.165) is 5.56 Å². The first kappa shape index (κ1) is 12.7. The molecule has 0 fully saturated rings. The Hall–Kier alpha value is -2.32. The van der Waals surface area contributed by atoms with Gasteiger partial charge < -0.3 is 14.4 Å². The summed E-state index contributed by atoms with van der Waals surface area (Å²) in [6.07, 6.45) is 2.94. The molecule has 0 aliphatic rings. The van der Waals surface area contributed by atoms with Gasteiger partial charge in [0.25, 0.3) is 0 Å². The van der Waals surface area contributed by atoms with E-state index in [2.05, 4.69) is 14.7 Å². The number of hydrogen-bond acceptors (Lipinski definition) is 4. The SMILES string of the molecule is O=c1[nH]c2ccc(S(=O)(=O)NCc3ccoc3)cc2[nH]1. The number of rotatable bonds is 4. The maximum Gasteiger partial charge on any atom is 0.323 e. The summed E-state index contributed by atoms with van der Waals surface area (Å²) >= 11 is 0. The predicted molar refractivity (Wildman–Crippen MR) is 71.7 cm³/mol. The van der Waals surface area contributed by atoms with Gasteiger partial charge in [-0.2, -0.15) is 0 Å². The fourth-order valence-electron chi connectivity index (χ4n) is 1.83. The molecule has 0 radical (unpaired) electrons. The Balaban J connectivity index is 1.90. The van der Waals surface area contributed by atoms with Crippen LogP contribution in [0.3, 0.4) is 0 Å². The second-order valence-corrected chi connectivity index (χ2v) is 6.01. The molecule has 3 aromatic rings. The minimum Gasteiger partial charge on any atom is -0.472 e. The Bertz CT molecular complexity index is 890. The monoisotopic (exact) mass is 293 g/mol. The first-order chi connectivity index (χ1) is 9.54. The molecule has 3 N–H and O–H groups in total. The minimum atomic E-state index is -3.65. The van der Waals surface area contributed by atoms with Crippen molar-refractivity contribution in [2.24, 2.45) is 0 Å². The summed E-state index contributed by atoms with van der Waals surface area (Å²) in [6.45, 7) is 0.139. The standard InChI is InChI=1S/C12H11N3O4S/c16-12-14-10-2-1-9(5-11(10)15-12)20(17,18)13-6-8-3-4-19-7-8/h1-5,7,13H,6H2,(H2,14,15,16). The molecule has 0 bridgehead atoms. The van der Waals surface area contributed by atoms with E-state index in [4.69, 9.17) is 4.42 Å². The highest BCUT2D eigenvalue weighted by atomic mass is 32.2. The molecule has 3 rings (SSSR count). The van der Waals surface area contributed by atoms with Crippen molar-refractivity contribution in [1.29, 1.82) is 0 Å². The smallest absolute Gasteiger partial charge is 0.323 e. The maximum absolute atomic E-state index is 12.1. The van der Waals surface area contributed by atoms with Crippen molar-refractivity contribution in [3.63, 3.8) is 0 Å². The number of aromatic amines is 2. The van der Waals surface area contributed by atoms with Gasteiger partial charge in [-0.3, -0.25) is 0 Å². The first-order valence-electron chi connectivity index (χ1n) is 5.77. The van der Waals surface area contributed by atoms with Crippen molar-refractivity contribution in [2.45, 2.75) is 11.4 Å². The molecule has 0 spiro atoms. The molecular weight excluding hydrogens is 282 g/mol. The number of furan rings is 1. The molecule has 2 heterocycles. The van der Waals surface area contributed by atoms with Gasteiger partial charge in [0.2, 0.25) is 10.0 Å². The number of benzene rings is 1. The fraction of sp³-hybridized carbons (Fsp3) is 0.0833. The average molecular weight is 293 g/mol. The molecule has 0 saturated heterocycles. The fourth-order valence-corrected chi connectivity index (χ4v) is 2.88. The normalized spacial score (nSPS) is 12.0. The third-order valence-electron chi connectivity index (χ3n) is 2.84. The van der Waals surface area contributed by atoms with Crippen LogP contribution in [0.15, 0.2) is 50.9 Å². The van der Waals surface area contributed by atoms with E-state index in [1.165, 1.54) is 24.7 Å². The number of H-pyrrole nitrogens is 2. The summed E-state index contributed by atoms with van der Waals surface area (Å²) in [6, 6.07) is 6.06. The molecule has 0 amide bonds. The lowest BCUT2D eigenvalue weighted by Crippen LogP contribution is -2.22. The topological polar surface area (TPSA) is 108 Å². The van der Waals surface area contributed by atoms with Crippen molar-refractivity contribution in [2.75, 3.05) is 0 Å². The van der Waals surface area contributed by atoms with E-state index in [-0.39, 0.29) is 17.1 Å². The summed E-state index contributed by atoms with van der Waals surface area (Å²) in [4.78, 5) is 16.3. The van der Waals surface area contributed by atoms with Crippen LogP contribution in [0.25, 0.3) is 11.0 Å². The zero-order valence-electron chi connectivity index (χ0n) is 10.2. The van der Waals surface area contributed by atoms with E-state index in [1.807, 2.05) is 0 Å². The number of hydrogen-bond donors (Lipinski definition) is 3. The van der Waals surface area contributed by atoms with Gasteiger partial charge >= 0.3 is 5.69 Å². The molecule has 0 aliphatic carbocycles. The highest BCUT2D eigenvalue weighted by molar-refractivity contribution is 7.89. The number of aromatic nitrogens is 2. The van der Waals surface area contributed by atoms with E-state index in [1.54, 1.807) is 12.1 Å². The first-order valence-corrected chi connectivity index (χ1v) is 7.26. The lowest BCUT2D eigenvalue weighted by atomic mass is 10.3. The summed E-state index contributed by atoms with van der Waals surface area (Å²) < 4.78 is 31.6. The zero-order valence-corrected chi connectivity index (χ0v) is 11.0. The van der Waals surface area contributed by atoms with Crippen LogP contribution in [-0.2, 0) is 16.6 Å². The Morgan fingerprint density at radius 2 is 1.95 bits per heavy atom. The molecule has 8 heteroatoms. The largest absolute Gasteiger partial charge is 0.472 e. The van der Waals surface area contributed by atoms with Gasteiger partial charge in [0.1, 0.15) is 0 Å². The van der Waals surface area contributed by atoms with Crippen molar-refractivity contribution in [3.8, 4) is 0 Å². The van der Waals surface area contributed by atoms with Crippen LogP contribution in [0.1, 0.15) is 5.56 Å². The number of imidazole rings is 1. The Morgan fingerprint density at radius 3 is 2.70 bits per heavy atom. The van der Waals surface area contributed by atoms with Crippen LogP contribution < -0.4 is 10.4 Å². The predicted octanol–water partition coefficient (Wildman–Crippen LogP) is 0.928. The zero-order chi connectivity index (χ0) is 14.2. The Kier molecular flexibility index (Phi) is 2.96. The molecule has 0 atom stereocenters. The number of sulfonamides is 1. The maximum atomic E-state index is 12.1. The number of fused-ring (bicyclic) bond motifs is 1. The van der Waals surface area contributed by atoms with Crippen LogP contribution >= 0.6 is 0 Å². The van der Waals surface area contributed by atoms with E-state index >= 15 is 0 Å². The molecule has 7 nitrogen and oxygen atoms in total. The van der Waals surface area contributed by atoms with Crippen molar-refractivity contribution >= 4 is 21.1 Å². The van der Waals surface area contributed by atoms with Gasteiger partial charge in [0.05, 0.1) is 28.5 Å². The molecule has 0 unspecified atom stereocenters. The molecule has 20 heavy (non-hydrogen) atoms. The average Bonchev–Trinajstić information content (AvgIpc) is 3.03. The van der Waals surface area contributed by atoms with Gasteiger partial charge in [-0.15, -0.1) is 0 Å². The summed E-state index contributed by atoms with van der Waals surface area (Å²) in [5, 5.41) is 0. The van der Waals surface area contributed by atoms with Crippen LogP contribution in [0.4, 0.5) is 0 Å². The van der Waals surface area contributed by atoms with Crippen molar-refractivity contribution in [1.82, 2.24) is 14.7 Å². The highest BCUT2D eigenvalue weighted by Crippen LogP contribution is 2.15. The van der Waals surface area contributed by atoms with Crippen molar-refractivity contribution < 1.29 is 12.8 Å². The van der Waals surface area contributed by atoms with E-state index in [9.17, 15) is 13.2 Å². The highest BCUT2D eigenvalue weighted by Gasteiger charge is 2.15. The quantitative estimate of drug-likeness (QED) is 0.665. The van der Waals surface area contributed by atoms with Crippen LogP contribution in [0.5, 0.6) is 0 Å². The molecule has 0 saturated carbocycles. The van der Waals surface area contributed by atoms with Gasteiger partial charge in [0, 0.05) is 12.1 Å². The minimum absolute atomic E-state index is 0.0868. The van der Waals surface area contributed by atoms with Crippen LogP contribution in [0.2, 0.25) is 0 Å². The second kappa shape index (κ2) is 4.66. The van der Waals surface area contributed by atoms with Gasteiger partial charge in [0.15, 0.2) is 0 Å². The third-order valence-corrected chi connectivity index (χ3v) is 4.24. The van der Waals surface area contributed by atoms with Crippen molar-refractivity contribution in [3.05, 3.63) is 52.8 Å². The lowest BCUT2D eigenvalue weighted by Gasteiger charge is -2.05. The van der Waals surface area contributed by atoms with Crippen LogP contribution in [-0.4, -0.2) is 18.4 Å². The second-order valence-electron chi connectivity index (χ2n) is 4.24. The summed E-state index contributed by atoms with van der Waals surface area (Å²) in [5.74, 6) is 0. The summed E-state index contributed by atoms with van der Waals surface area (Å²) in [5.41, 5.74) is 1.36. The van der Waals surface area contributed by atoms with Gasteiger partial charge in [-0.05, 0) is 24.3 Å². The molecule has 0 aliphatic heterocycles. The molecule has 1 aromatic carbocycles. The number of nitrogens with one attached hydrogen (secondary N) is 3. The Morgan fingerprint density at radius 1 is 1.15 bits per heavy atom. The third kappa shape index (κ3) is 2.38. The molecule has 2 aromatic heterocycles. The van der Waals surface area contributed by atoms with E-state index in [0.29, 0.717) is 11.0 Å². The van der Waals surface area contributed by atoms with Crippen LogP contribution in [0, 0.1) is 0 Å². The van der Waals surface area contributed by atoms with Gasteiger partial charge in [-0.1, -0.05) is 0 Å². The lowest BCUT2D eigenvalue weighted by molar-refractivity contribution is 0.561. The molecular formula is C12H11N3O4S. The summed E-state index contributed by atoms with van der Waals surface area (Å²) in [7, 11) is -3.65. The van der Waals surface area contributed by atoms with Gasteiger partial charge in [-0.25, -0.2) is 17.9 Å². The Labute approximate surface area is 113 Å². The molecule has 104 valence electrons. The van der Waals surface area contributed by atoms with E-state index < -0.39 is 10.0 Å².